The van der Waals surface area contributed by atoms with Crippen molar-refractivity contribution >= 4 is 11.8 Å². The maximum Gasteiger partial charge on any atom is 0.120 e. The number of thioether (sulfide) groups is 1. The second-order valence-electron chi connectivity index (χ2n) is 4.49. The van der Waals surface area contributed by atoms with Crippen molar-refractivity contribution in [3.05, 3.63) is 0 Å². The lowest BCUT2D eigenvalue weighted by Gasteiger charge is -2.34. The van der Waals surface area contributed by atoms with Crippen molar-refractivity contribution in [2.24, 2.45) is 0 Å². The van der Waals surface area contributed by atoms with Crippen LogP contribution in [0.2, 0.25) is 0 Å². The van der Waals surface area contributed by atoms with Crippen molar-refractivity contribution < 1.29 is 14.9 Å². The summed E-state index contributed by atoms with van der Waals surface area (Å²) < 4.78 is 5.26. The van der Waals surface area contributed by atoms with Gasteiger partial charge in [0.1, 0.15) is 5.50 Å². The fraction of sp³-hybridized carbons (Fsp3) is 1.00. The summed E-state index contributed by atoms with van der Waals surface area (Å²) in [6.45, 7) is 0.0921. The van der Waals surface area contributed by atoms with Gasteiger partial charge in [-0.15, -0.1) is 11.8 Å². The van der Waals surface area contributed by atoms with Gasteiger partial charge in [0.2, 0.25) is 0 Å². The highest BCUT2D eigenvalue weighted by atomic mass is 32.2. The third-order valence-corrected chi connectivity index (χ3v) is 4.43. The minimum Gasteiger partial charge on any atom is -0.394 e. The minimum atomic E-state index is -0.371. The summed E-state index contributed by atoms with van der Waals surface area (Å²) in [7, 11) is 1.69. The van der Waals surface area contributed by atoms with Gasteiger partial charge in [0.25, 0.3) is 0 Å². The zero-order valence-corrected chi connectivity index (χ0v) is 10.7. The fourth-order valence-electron chi connectivity index (χ4n) is 2.28. The van der Waals surface area contributed by atoms with E-state index in [1.54, 1.807) is 18.9 Å². The van der Waals surface area contributed by atoms with E-state index in [-0.39, 0.29) is 35.7 Å². The summed E-state index contributed by atoms with van der Waals surface area (Å²) in [4.78, 5) is 0. The van der Waals surface area contributed by atoms with Crippen LogP contribution in [0.3, 0.4) is 0 Å². The average molecular weight is 263 g/mol. The number of methoxy groups -OCH3 is 1. The summed E-state index contributed by atoms with van der Waals surface area (Å²) in [5.74, 6) is 0. The third-order valence-electron chi connectivity index (χ3n) is 3.31. The molecule has 0 aromatic heterocycles. The first-order chi connectivity index (χ1) is 8.22. The number of hydrazine groups is 1. The molecule has 2 fully saturated rings. The Morgan fingerprint density at radius 1 is 1.41 bits per heavy atom. The summed E-state index contributed by atoms with van der Waals surface area (Å²) in [6.07, 6.45) is 2.37. The first-order valence-corrected chi connectivity index (χ1v) is 6.91. The molecule has 100 valence electrons. The van der Waals surface area contributed by atoms with Crippen molar-refractivity contribution in [1.82, 2.24) is 16.2 Å². The molecule has 0 aromatic carbocycles. The van der Waals surface area contributed by atoms with Crippen LogP contribution in [0.4, 0.5) is 0 Å². The van der Waals surface area contributed by atoms with Gasteiger partial charge in [-0.1, -0.05) is 0 Å². The lowest BCUT2D eigenvalue weighted by atomic mass is 9.90. The molecule has 0 radical (unpaired) electrons. The molecule has 0 amide bonds. The van der Waals surface area contributed by atoms with Crippen molar-refractivity contribution in [2.45, 2.75) is 48.4 Å². The Kier molecular flexibility index (Phi) is 5.04. The molecule has 1 saturated heterocycles. The topological polar surface area (TPSA) is 85.8 Å². The molecule has 0 spiro atoms. The van der Waals surface area contributed by atoms with Gasteiger partial charge >= 0.3 is 0 Å². The Labute approximate surface area is 105 Å². The van der Waals surface area contributed by atoms with E-state index in [2.05, 4.69) is 16.2 Å². The van der Waals surface area contributed by atoms with Crippen molar-refractivity contribution in [2.75, 3.05) is 13.7 Å². The molecule has 0 bridgehead atoms. The van der Waals surface area contributed by atoms with E-state index < -0.39 is 0 Å². The average Bonchev–Trinajstić information content (AvgIpc) is 2.79. The van der Waals surface area contributed by atoms with Gasteiger partial charge in [0.15, 0.2) is 0 Å². The number of rotatable bonds is 4. The van der Waals surface area contributed by atoms with E-state index in [9.17, 15) is 5.11 Å². The molecule has 2 rings (SSSR count). The molecule has 1 aliphatic carbocycles. The number of hydrogen-bond acceptors (Lipinski definition) is 7. The fourth-order valence-corrected chi connectivity index (χ4v) is 3.22. The zero-order chi connectivity index (χ0) is 12.3. The van der Waals surface area contributed by atoms with Crippen LogP contribution < -0.4 is 16.2 Å². The van der Waals surface area contributed by atoms with Gasteiger partial charge in [-0.25, -0.2) is 10.9 Å². The quantitative estimate of drug-likeness (QED) is 0.442. The summed E-state index contributed by atoms with van der Waals surface area (Å²) >= 11 is 1.59. The van der Waals surface area contributed by atoms with Crippen LogP contribution in [0.25, 0.3) is 0 Å². The SMILES string of the molecule is COC1CCC(NC2NNC(CO)S2)C(O)C1. The standard InChI is InChI=1S/C10H21N3O3S/c1-16-6-2-3-7(8(15)4-6)11-10-13-12-9(5-14)17-10/h6-15H,2-5H2,1H3. The lowest BCUT2D eigenvalue weighted by Crippen LogP contribution is -2.52. The van der Waals surface area contributed by atoms with Crippen molar-refractivity contribution in [1.29, 1.82) is 0 Å². The number of aliphatic hydroxyl groups excluding tert-OH is 2. The van der Waals surface area contributed by atoms with E-state index in [1.807, 2.05) is 0 Å². The first-order valence-electron chi connectivity index (χ1n) is 5.97. The van der Waals surface area contributed by atoms with Crippen LogP contribution in [-0.2, 0) is 4.74 Å². The predicted octanol–water partition coefficient (Wildman–Crippen LogP) is -1.05. The van der Waals surface area contributed by atoms with E-state index in [0.29, 0.717) is 6.42 Å². The van der Waals surface area contributed by atoms with E-state index in [1.165, 1.54) is 0 Å². The maximum atomic E-state index is 10.0. The van der Waals surface area contributed by atoms with Gasteiger partial charge in [0, 0.05) is 19.6 Å². The molecule has 1 saturated carbocycles. The van der Waals surface area contributed by atoms with Crippen LogP contribution in [0.15, 0.2) is 0 Å². The van der Waals surface area contributed by atoms with Crippen LogP contribution in [0.1, 0.15) is 19.3 Å². The largest absolute Gasteiger partial charge is 0.394 e. The molecule has 7 heteroatoms. The molecule has 2 aliphatic rings. The second kappa shape index (κ2) is 6.33. The maximum absolute atomic E-state index is 10.0. The van der Waals surface area contributed by atoms with Crippen molar-refractivity contribution in [3.8, 4) is 0 Å². The molecular formula is C10H21N3O3S. The van der Waals surface area contributed by atoms with Crippen LogP contribution in [0, 0.1) is 0 Å². The normalized spacial score (nSPS) is 42.9. The molecule has 5 N–H and O–H groups in total. The molecule has 6 nitrogen and oxygen atoms in total. The Bertz CT molecular complexity index is 247. The summed E-state index contributed by atoms with van der Waals surface area (Å²) in [6, 6.07) is 0.0886. The number of aliphatic hydroxyl groups is 2. The van der Waals surface area contributed by atoms with E-state index in [4.69, 9.17) is 9.84 Å². The van der Waals surface area contributed by atoms with Gasteiger partial charge in [-0.2, -0.15) is 0 Å². The third kappa shape index (κ3) is 3.54. The van der Waals surface area contributed by atoms with Gasteiger partial charge in [-0.3, -0.25) is 5.32 Å². The molecule has 5 unspecified atom stereocenters. The Morgan fingerprint density at radius 3 is 2.82 bits per heavy atom. The number of hydrogen-bond donors (Lipinski definition) is 5. The van der Waals surface area contributed by atoms with Crippen LogP contribution in [0.5, 0.6) is 0 Å². The monoisotopic (exact) mass is 263 g/mol. The predicted molar refractivity (Wildman–Crippen MR) is 66.1 cm³/mol. The molecule has 0 aromatic rings. The molecule has 1 heterocycles. The summed E-state index contributed by atoms with van der Waals surface area (Å²) in [5, 5.41) is 22.4. The highest BCUT2D eigenvalue weighted by Crippen LogP contribution is 2.24. The van der Waals surface area contributed by atoms with Crippen LogP contribution in [-0.4, -0.2) is 53.1 Å². The molecule has 17 heavy (non-hydrogen) atoms. The number of ether oxygens (including phenoxy) is 1. The lowest BCUT2D eigenvalue weighted by molar-refractivity contribution is -0.00758. The van der Waals surface area contributed by atoms with Crippen LogP contribution >= 0.6 is 11.8 Å². The first kappa shape index (κ1) is 13.5. The van der Waals surface area contributed by atoms with Gasteiger partial charge < -0.3 is 14.9 Å². The zero-order valence-electron chi connectivity index (χ0n) is 9.93. The second-order valence-corrected chi connectivity index (χ2v) is 5.80. The Hall–Kier alpha value is 0.110. The van der Waals surface area contributed by atoms with Gasteiger partial charge in [-0.05, 0) is 12.8 Å². The van der Waals surface area contributed by atoms with E-state index in [0.717, 1.165) is 12.8 Å². The van der Waals surface area contributed by atoms with Crippen molar-refractivity contribution in [3.63, 3.8) is 0 Å². The summed E-state index contributed by atoms with van der Waals surface area (Å²) in [5.41, 5.74) is 6.06. The molecule has 1 aliphatic heterocycles. The molecule has 5 atom stereocenters. The highest BCUT2D eigenvalue weighted by molar-refractivity contribution is 8.00. The Morgan fingerprint density at radius 2 is 2.24 bits per heavy atom. The Balaban J connectivity index is 1.76. The minimum absolute atomic E-state index is 0.0138. The smallest absolute Gasteiger partial charge is 0.120 e. The number of nitrogens with one attached hydrogen (secondary N) is 3. The van der Waals surface area contributed by atoms with Gasteiger partial charge in [0.05, 0.1) is 24.2 Å². The van der Waals surface area contributed by atoms with E-state index >= 15 is 0 Å². The molecular weight excluding hydrogens is 242 g/mol. The highest BCUT2D eigenvalue weighted by Gasteiger charge is 2.32.